The lowest BCUT2D eigenvalue weighted by atomic mass is 9.78. The molecule has 2 aliphatic rings. The molecule has 8 aromatic rings. The summed E-state index contributed by atoms with van der Waals surface area (Å²) in [6.07, 6.45) is 17.0. The number of rotatable bonds is 14. The second-order valence-corrected chi connectivity index (χ2v) is 18.4. The molecule has 10 rings (SSSR count). The molecule has 19 heteroatoms. The quantitative estimate of drug-likeness (QED) is 0.0774. The van der Waals surface area contributed by atoms with Gasteiger partial charge in [0, 0.05) is 72.5 Å². The Labute approximate surface area is 412 Å². The average Bonchev–Trinajstić information content (AvgIpc) is 4.24. The van der Waals surface area contributed by atoms with Crippen LogP contribution in [0.2, 0.25) is 0 Å². The number of ether oxygens (including phenoxy) is 4. The van der Waals surface area contributed by atoms with Gasteiger partial charge in [-0.2, -0.15) is 39.9 Å². The number of anilines is 2. The molecule has 2 saturated carbocycles. The van der Waals surface area contributed by atoms with Gasteiger partial charge in [0.15, 0.2) is 22.5 Å². The number of nitrogens with two attached hydrogens (primary N) is 2. The van der Waals surface area contributed by atoms with Gasteiger partial charge in [0.1, 0.15) is 11.6 Å². The smallest absolute Gasteiger partial charge is 0.165 e. The Morgan fingerprint density at radius 2 is 1.12 bits per heavy atom. The Kier molecular flexibility index (Phi) is 14.3. The Bertz CT molecular complexity index is 3100. The number of nitrogen functional groups attached to an aromatic ring is 2. The molecule has 69 heavy (non-hydrogen) atoms. The minimum absolute atomic E-state index is 0.191. The van der Waals surface area contributed by atoms with Crippen molar-refractivity contribution in [2.45, 2.75) is 74.4 Å². The minimum atomic E-state index is -0.760. The molecule has 2 fully saturated rings. The van der Waals surface area contributed by atoms with Crippen molar-refractivity contribution in [1.29, 1.82) is 10.5 Å². The van der Waals surface area contributed by atoms with E-state index in [0.717, 1.165) is 74.3 Å². The van der Waals surface area contributed by atoms with Gasteiger partial charge in [0.2, 0.25) is 0 Å². The highest BCUT2D eigenvalue weighted by Crippen LogP contribution is 2.43. The number of benzene rings is 2. The zero-order valence-electron chi connectivity index (χ0n) is 38.5. The van der Waals surface area contributed by atoms with Gasteiger partial charge in [-0.05, 0) is 98.2 Å². The molecule has 2 aliphatic carbocycles. The lowest BCUT2D eigenvalue weighted by molar-refractivity contribution is -0.0495. The molecule has 0 radical (unpaired) electrons. The van der Waals surface area contributed by atoms with Gasteiger partial charge in [0.05, 0.1) is 84.0 Å². The standard InChI is InChI=1S/C25H26IN7O2.C25H27N7O2/c1-34-11-12-35-25(16-27)9-7-17(8-10-25)22-21(26)23(28)33-24(31-22)20(14-30-33)18-13-29-32(15-18)19-5-3-2-4-6-19;1-33-11-12-34-25(17-26)9-7-18(8-10-25)22-13-23(27)32-24(30-22)21(15-29-32)19-14-28-31(16-19)20-5-3-2-4-6-20/h2-6,13-15,17H,7-12,28H2,1H3;2-6,13-16,18H,7-12,27H2,1H3. The number of halogens is 1. The zero-order chi connectivity index (χ0) is 48.0. The van der Waals surface area contributed by atoms with E-state index in [1.807, 2.05) is 101 Å². The number of methoxy groups -OCH3 is 2. The third kappa shape index (κ3) is 9.92. The maximum absolute atomic E-state index is 9.78. The predicted octanol–water partition coefficient (Wildman–Crippen LogP) is 8.10. The van der Waals surface area contributed by atoms with Crippen LogP contribution in [0.4, 0.5) is 11.6 Å². The van der Waals surface area contributed by atoms with Crippen molar-refractivity contribution in [2.75, 3.05) is 52.1 Å². The van der Waals surface area contributed by atoms with E-state index in [1.54, 1.807) is 35.6 Å². The first-order valence-corrected chi connectivity index (χ1v) is 24.0. The van der Waals surface area contributed by atoms with Crippen LogP contribution in [0.15, 0.2) is 104 Å². The molecule has 0 atom stereocenters. The number of aromatic nitrogens is 10. The number of hydrogen-bond donors (Lipinski definition) is 2. The highest BCUT2D eigenvalue weighted by atomic mass is 127. The maximum atomic E-state index is 9.78. The molecule has 4 N–H and O–H groups in total. The monoisotopic (exact) mass is 1040 g/mol. The van der Waals surface area contributed by atoms with E-state index in [4.69, 9.17) is 40.4 Å². The lowest BCUT2D eigenvalue weighted by Crippen LogP contribution is -2.36. The molecule has 18 nitrogen and oxygen atoms in total. The van der Waals surface area contributed by atoms with Gasteiger partial charge in [-0.25, -0.2) is 19.3 Å². The second-order valence-electron chi connectivity index (χ2n) is 17.4. The largest absolute Gasteiger partial charge is 0.384 e. The van der Waals surface area contributed by atoms with Gasteiger partial charge in [-0.1, -0.05) is 36.4 Å². The fourth-order valence-electron chi connectivity index (χ4n) is 9.23. The van der Waals surface area contributed by atoms with E-state index >= 15 is 0 Å². The number of para-hydroxylation sites is 2. The molecular weight excluding hydrogens is 988 g/mol. The summed E-state index contributed by atoms with van der Waals surface area (Å²) in [5.41, 5.74) is 20.2. The van der Waals surface area contributed by atoms with Gasteiger partial charge in [0.25, 0.3) is 0 Å². The summed E-state index contributed by atoms with van der Waals surface area (Å²) >= 11 is 2.26. The molecule has 6 heterocycles. The number of nitrogens with zero attached hydrogens (tertiary/aromatic N) is 12. The van der Waals surface area contributed by atoms with E-state index in [9.17, 15) is 10.5 Å². The van der Waals surface area contributed by atoms with E-state index in [0.29, 0.717) is 75.0 Å². The molecule has 6 aromatic heterocycles. The van der Waals surface area contributed by atoms with Crippen LogP contribution in [0, 0.1) is 26.2 Å². The van der Waals surface area contributed by atoms with E-state index in [1.165, 1.54) is 0 Å². The molecule has 2 aromatic carbocycles. The summed E-state index contributed by atoms with van der Waals surface area (Å²) in [6, 6.07) is 26.6. The molecular formula is C50H53IN14O4. The fraction of sp³-hybridized carbons (Fsp3) is 0.360. The number of hydrogen-bond acceptors (Lipinski definition) is 14. The van der Waals surface area contributed by atoms with Crippen LogP contribution in [0.25, 0.3) is 44.9 Å². The summed E-state index contributed by atoms with van der Waals surface area (Å²) in [7, 11) is 3.26. The first-order chi connectivity index (χ1) is 33.7. The Hall–Kier alpha value is -6.75. The molecule has 0 saturated heterocycles. The van der Waals surface area contributed by atoms with Crippen LogP contribution in [-0.2, 0) is 18.9 Å². The minimum Gasteiger partial charge on any atom is -0.384 e. The zero-order valence-corrected chi connectivity index (χ0v) is 40.6. The Morgan fingerprint density at radius 1 is 0.638 bits per heavy atom. The predicted molar refractivity (Wildman–Crippen MR) is 267 cm³/mol. The van der Waals surface area contributed by atoms with E-state index in [-0.39, 0.29) is 11.8 Å². The summed E-state index contributed by atoms with van der Waals surface area (Å²) < 4.78 is 29.9. The topological polar surface area (TPSA) is 233 Å². The highest BCUT2D eigenvalue weighted by Gasteiger charge is 2.39. The average molecular weight is 1040 g/mol. The summed E-state index contributed by atoms with van der Waals surface area (Å²) in [6.45, 7) is 1.79. The van der Waals surface area contributed by atoms with Crippen molar-refractivity contribution in [3.63, 3.8) is 0 Å². The second kappa shape index (κ2) is 20.9. The van der Waals surface area contributed by atoms with Crippen LogP contribution in [0.3, 0.4) is 0 Å². The van der Waals surface area contributed by atoms with Crippen molar-refractivity contribution < 1.29 is 18.9 Å². The van der Waals surface area contributed by atoms with E-state index in [2.05, 4.69) is 55.1 Å². The number of nitriles is 2. The van der Waals surface area contributed by atoms with Crippen molar-refractivity contribution in [2.24, 2.45) is 0 Å². The van der Waals surface area contributed by atoms with Gasteiger partial charge < -0.3 is 30.4 Å². The fourth-order valence-corrected chi connectivity index (χ4v) is 10.0. The molecule has 0 bridgehead atoms. The Balaban J connectivity index is 0.000000172. The van der Waals surface area contributed by atoms with Crippen LogP contribution in [-0.4, -0.2) is 101 Å². The lowest BCUT2D eigenvalue weighted by Gasteiger charge is -2.35. The van der Waals surface area contributed by atoms with Crippen molar-refractivity contribution in [3.8, 4) is 45.8 Å². The first-order valence-electron chi connectivity index (χ1n) is 22.9. The van der Waals surface area contributed by atoms with Gasteiger partial charge in [-0.3, -0.25) is 0 Å². The van der Waals surface area contributed by atoms with Crippen LogP contribution in [0.5, 0.6) is 0 Å². The van der Waals surface area contributed by atoms with Gasteiger partial charge >= 0.3 is 0 Å². The number of fused-ring (bicyclic) bond motifs is 2. The SMILES string of the molecule is COCCOC1(C#N)CCC(c2cc(N)n3ncc(-c4cnn(-c5ccccc5)c4)c3n2)CC1.COCCOC1(C#N)CCC(c2nc3c(-c4cnn(-c5ccccc5)c4)cnn3c(N)c2I)CC1. The molecule has 0 spiro atoms. The maximum Gasteiger partial charge on any atom is 0.165 e. The third-order valence-corrected chi connectivity index (χ3v) is 14.2. The van der Waals surface area contributed by atoms with Crippen LogP contribution in [0.1, 0.15) is 74.6 Å². The normalized spacial score (nSPS) is 20.3. The first kappa shape index (κ1) is 47.3. The van der Waals surface area contributed by atoms with Gasteiger partial charge in [-0.15, -0.1) is 0 Å². The molecule has 0 amide bonds. The molecule has 0 unspecified atom stereocenters. The highest BCUT2D eigenvalue weighted by molar-refractivity contribution is 14.1. The van der Waals surface area contributed by atoms with Crippen molar-refractivity contribution in [3.05, 3.63) is 119 Å². The van der Waals surface area contributed by atoms with Crippen molar-refractivity contribution in [1.82, 2.24) is 48.8 Å². The summed E-state index contributed by atoms with van der Waals surface area (Å²) in [5, 5.41) is 37.5. The molecule has 354 valence electrons. The Morgan fingerprint density at radius 3 is 1.61 bits per heavy atom. The third-order valence-electron chi connectivity index (χ3n) is 13.1. The summed E-state index contributed by atoms with van der Waals surface area (Å²) in [4.78, 5) is 10.0. The van der Waals surface area contributed by atoms with Crippen LogP contribution < -0.4 is 11.5 Å². The van der Waals surface area contributed by atoms with Crippen LogP contribution >= 0.6 is 22.6 Å². The molecule has 0 aliphatic heterocycles. The van der Waals surface area contributed by atoms with Crippen molar-refractivity contribution >= 4 is 45.5 Å². The van der Waals surface area contributed by atoms with E-state index < -0.39 is 11.2 Å². The summed E-state index contributed by atoms with van der Waals surface area (Å²) in [5.74, 6) is 1.50.